The summed E-state index contributed by atoms with van der Waals surface area (Å²) in [6.07, 6.45) is 0. The summed E-state index contributed by atoms with van der Waals surface area (Å²) in [6, 6.07) is 7.04. The fraction of sp³-hybridized carbons (Fsp3) is 0.467. The summed E-state index contributed by atoms with van der Waals surface area (Å²) in [7, 11) is 0. The lowest BCUT2D eigenvalue weighted by Gasteiger charge is -2.18. The zero-order valence-electron chi connectivity index (χ0n) is 11.7. The van der Waals surface area contributed by atoms with Crippen molar-refractivity contribution in [1.82, 2.24) is 4.98 Å². The van der Waals surface area contributed by atoms with Crippen molar-refractivity contribution in [2.45, 2.75) is 39.2 Å². The molecule has 1 aromatic heterocycles. The first kappa shape index (κ1) is 13.1. The molecule has 0 spiro atoms. The first-order chi connectivity index (χ1) is 8.93. The summed E-state index contributed by atoms with van der Waals surface area (Å²) in [4.78, 5) is 9.37. The number of aromatic nitrogens is 1. The smallest absolute Gasteiger partial charge is 0.149 e. The van der Waals surface area contributed by atoms with Crippen LogP contribution in [0.5, 0.6) is 0 Å². The van der Waals surface area contributed by atoms with Gasteiger partial charge in [0.05, 0.1) is 16.3 Å². The van der Waals surface area contributed by atoms with Crippen LogP contribution >= 0.6 is 23.1 Å². The Morgan fingerprint density at radius 1 is 1.26 bits per heavy atom. The lowest BCUT2D eigenvalue weighted by molar-refractivity contribution is 0.591. The van der Waals surface area contributed by atoms with E-state index in [1.807, 2.05) is 11.8 Å². The predicted molar refractivity (Wildman–Crippen MR) is 86.8 cm³/mol. The second kappa shape index (κ2) is 4.60. The highest BCUT2D eigenvalue weighted by Crippen LogP contribution is 2.32. The minimum absolute atomic E-state index is 0.187. The van der Waals surface area contributed by atoms with Crippen molar-refractivity contribution in [1.29, 1.82) is 0 Å². The summed E-state index contributed by atoms with van der Waals surface area (Å²) in [5.74, 6) is 1.08. The maximum Gasteiger partial charge on any atom is 0.149 e. The maximum absolute atomic E-state index is 4.72. The largest absolute Gasteiger partial charge is 0.271 e. The van der Waals surface area contributed by atoms with Crippen LogP contribution in [0, 0.1) is 0 Å². The van der Waals surface area contributed by atoms with E-state index < -0.39 is 0 Å². The Bertz CT molecular complexity index is 650. The predicted octanol–water partition coefficient (Wildman–Crippen LogP) is 4.48. The molecule has 1 aromatic carbocycles. The lowest BCUT2D eigenvalue weighted by Crippen LogP contribution is -2.10. The topological polar surface area (TPSA) is 25.2 Å². The molecule has 2 aromatic rings. The Balaban J connectivity index is 2.04. The SMILES string of the molecule is CC1CSC(c2nc3ccc(C(C)(C)C)cc3s2)=N1. The molecule has 100 valence electrons. The Kier molecular flexibility index (Phi) is 3.18. The van der Waals surface area contributed by atoms with Gasteiger partial charge in [-0.25, -0.2) is 4.98 Å². The summed E-state index contributed by atoms with van der Waals surface area (Å²) in [5.41, 5.74) is 2.65. The number of thiazole rings is 1. The summed E-state index contributed by atoms with van der Waals surface area (Å²) >= 11 is 3.59. The average molecular weight is 290 g/mol. The van der Waals surface area contributed by atoms with Gasteiger partial charge in [0.15, 0.2) is 0 Å². The van der Waals surface area contributed by atoms with E-state index in [-0.39, 0.29) is 5.41 Å². The fourth-order valence-corrected chi connectivity index (χ4v) is 4.17. The molecule has 0 bridgehead atoms. The van der Waals surface area contributed by atoms with Crippen molar-refractivity contribution in [3.8, 4) is 0 Å². The molecule has 1 aliphatic rings. The molecule has 0 saturated carbocycles. The van der Waals surface area contributed by atoms with Crippen LogP contribution in [0.25, 0.3) is 10.2 Å². The highest BCUT2D eigenvalue weighted by molar-refractivity contribution is 8.15. The molecule has 2 nitrogen and oxygen atoms in total. The van der Waals surface area contributed by atoms with Gasteiger partial charge < -0.3 is 0 Å². The van der Waals surface area contributed by atoms with E-state index in [0.29, 0.717) is 6.04 Å². The third-order valence-corrected chi connectivity index (χ3v) is 5.61. The fourth-order valence-electron chi connectivity index (χ4n) is 2.07. The Labute approximate surface area is 122 Å². The Morgan fingerprint density at radius 3 is 2.68 bits per heavy atom. The third kappa shape index (κ3) is 2.56. The number of rotatable bonds is 1. The van der Waals surface area contributed by atoms with Crippen LogP contribution in [0.4, 0.5) is 0 Å². The molecule has 2 heterocycles. The van der Waals surface area contributed by atoms with Crippen LogP contribution < -0.4 is 0 Å². The van der Waals surface area contributed by atoms with Crippen molar-refractivity contribution in [2.24, 2.45) is 4.99 Å². The molecular weight excluding hydrogens is 272 g/mol. The molecule has 1 aliphatic heterocycles. The average Bonchev–Trinajstić information content (AvgIpc) is 2.92. The molecular formula is C15H18N2S2. The van der Waals surface area contributed by atoms with Crippen molar-refractivity contribution in [2.75, 3.05) is 5.75 Å². The zero-order valence-corrected chi connectivity index (χ0v) is 13.4. The highest BCUT2D eigenvalue weighted by atomic mass is 32.2. The van der Waals surface area contributed by atoms with E-state index in [1.165, 1.54) is 10.3 Å². The van der Waals surface area contributed by atoms with Crippen molar-refractivity contribution < 1.29 is 0 Å². The first-order valence-corrected chi connectivity index (χ1v) is 8.36. The number of hydrogen-bond acceptors (Lipinski definition) is 4. The van der Waals surface area contributed by atoms with Gasteiger partial charge in [0.2, 0.25) is 0 Å². The minimum atomic E-state index is 0.187. The second-order valence-electron chi connectivity index (χ2n) is 6.05. The number of thioether (sulfide) groups is 1. The van der Waals surface area contributed by atoms with Gasteiger partial charge in [-0.2, -0.15) is 0 Å². The molecule has 0 fully saturated rings. The van der Waals surface area contributed by atoms with Crippen molar-refractivity contribution in [3.05, 3.63) is 28.8 Å². The van der Waals surface area contributed by atoms with Crippen LogP contribution in [0.3, 0.4) is 0 Å². The van der Waals surface area contributed by atoms with Gasteiger partial charge in [0, 0.05) is 5.75 Å². The third-order valence-electron chi connectivity index (χ3n) is 3.24. The molecule has 1 unspecified atom stereocenters. The quantitative estimate of drug-likeness (QED) is 0.774. The summed E-state index contributed by atoms with van der Waals surface area (Å²) in [5, 5.41) is 2.20. The van der Waals surface area contributed by atoms with E-state index in [9.17, 15) is 0 Å². The van der Waals surface area contributed by atoms with Gasteiger partial charge in [0.1, 0.15) is 10.1 Å². The van der Waals surface area contributed by atoms with E-state index in [0.717, 1.165) is 21.3 Å². The number of fused-ring (bicyclic) bond motifs is 1. The normalized spacial score (nSPS) is 20.0. The van der Waals surface area contributed by atoms with E-state index in [1.54, 1.807) is 11.3 Å². The number of hydrogen-bond donors (Lipinski definition) is 0. The monoisotopic (exact) mass is 290 g/mol. The van der Waals surface area contributed by atoms with Crippen LogP contribution in [-0.4, -0.2) is 21.8 Å². The first-order valence-electron chi connectivity index (χ1n) is 6.55. The van der Waals surface area contributed by atoms with E-state index in [4.69, 9.17) is 4.98 Å². The van der Waals surface area contributed by atoms with Crippen LogP contribution in [-0.2, 0) is 5.41 Å². The van der Waals surface area contributed by atoms with Gasteiger partial charge in [0.25, 0.3) is 0 Å². The van der Waals surface area contributed by atoms with Gasteiger partial charge in [-0.1, -0.05) is 26.8 Å². The molecule has 0 aliphatic carbocycles. The highest BCUT2D eigenvalue weighted by Gasteiger charge is 2.20. The standard InChI is InChI=1S/C15H18N2S2/c1-9-8-18-13(16-9)14-17-11-6-5-10(15(2,3)4)7-12(11)19-14/h5-7,9H,8H2,1-4H3. The number of aliphatic imine (C=N–C) groups is 1. The number of nitrogens with zero attached hydrogens (tertiary/aromatic N) is 2. The Hall–Kier alpha value is -0.870. The second-order valence-corrected chi connectivity index (χ2v) is 8.09. The van der Waals surface area contributed by atoms with E-state index in [2.05, 4.69) is 50.9 Å². The number of benzene rings is 1. The molecule has 0 amide bonds. The molecule has 19 heavy (non-hydrogen) atoms. The molecule has 0 radical (unpaired) electrons. The molecule has 3 rings (SSSR count). The zero-order chi connectivity index (χ0) is 13.6. The summed E-state index contributed by atoms with van der Waals surface area (Å²) < 4.78 is 1.27. The van der Waals surface area contributed by atoms with E-state index >= 15 is 0 Å². The molecule has 4 heteroatoms. The molecule has 0 N–H and O–H groups in total. The Morgan fingerprint density at radius 2 is 2.05 bits per heavy atom. The van der Waals surface area contributed by atoms with Crippen molar-refractivity contribution >= 4 is 38.4 Å². The van der Waals surface area contributed by atoms with Crippen molar-refractivity contribution in [3.63, 3.8) is 0 Å². The van der Waals surface area contributed by atoms with Gasteiger partial charge in [-0.15, -0.1) is 23.1 Å². The molecule has 1 atom stereocenters. The van der Waals surface area contributed by atoms with Crippen LogP contribution in [0.1, 0.15) is 38.3 Å². The van der Waals surface area contributed by atoms with Gasteiger partial charge in [-0.3, -0.25) is 4.99 Å². The maximum atomic E-state index is 4.72. The summed E-state index contributed by atoms with van der Waals surface area (Å²) in [6.45, 7) is 8.89. The minimum Gasteiger partial charge on any atom is -0.271 e. The van der Waals surface area contributed by atoms with Crippen LogP contribution in [0.15, 0.2) is 23.2 Å². The van der Waals surface area contributed by atoms with Gasteiger partial charge >= 0.3 is 0 Å². The molecule has 0 saturated heterocycles. The van der Waals surface area contributed by atoms with Gasteiger partial charge in [-0.05, 0) is 30.0 Å². The van der Waals surface area contributed by atoms with Crippen LogP contribution in [0.2, 0.25) is 0 Å². The lowest BCUT2D eigenvalue weighted by atomic mass is 9.87.